The Morgan fingerprint density at radius 3 is 3.14 bits per heavy atom. The van der Waals surface area contributed by atoms with E-state index in [2.05, 4.69) is 9.97 Å². The van der Waals surface area contributed by atoms with E-state index < -0.39 is 12.0 Å². The molecule has 0 aliphatic carbocycles. The smallest absolute Gasteiger partial charge is 0.220 e. The maximum Gasteiger partial charge on any atom is 0.220 e. The van der Waals surface area contributed by atoms with E-state index in [0.717, 1.165) is 16.3 Å². The van der Waals surface area contributed by atoms with Gasteiger partial charge in [-0.05, 0) is 6.07 Å². The van der Waals surface area contributed by atoms with Gasteiger partial charge in [0.15, 0.2) is 4.96 Å². The Bertz CT molecular complexity index is 871. The van der Waals surface area contributed by atoms with Gasteiger partial charge in [-0.1, -0.05) is 6.07 Å². The zero-order chi connectivity index (χ0) is 15.3. The lowest BCUT2D eigenvalue weighted by atomic mass is 9.96. The summed E-state index contributed by atoms with van der Waals surface area (Å²) in [6.45, 7) is 2.05. The first-order chi connectivity index (χ1) is 10.7. The summed E-state index contributed by atoms with van der Waals surface area (Å²) in [7, 11) is 0. The fourth-order valence-corrected chi connectivity index (χ4v) is 3.82. The van der Waals surface area contributed by atoms with Crippen LogP contribution in [-0.4, -0.2) is 31.7 Å². The van der Waals surface area contributed by atoms with Crippen LogP contribution >= 0.6 is 11.3 Å². The molecule has 112 valence electrons. The highest BCUT2D eigenvalue weighted by Crippen LogP contribution is 2.37. The van der Waals surface area contributed by atoms with Gasteiger partial charge in [-0.2, -0.15) is 4.39 Å². The first-order valence-electron chi connectivity index (χ1n) is 6.98. The normalized spacial score (nSPS) is 17.7. The van der Waals surface area contributed by atoms with E-state index in [1.54, 1.807) is 17.0 Å². The molecule has 0 saturated carbocycles. The Balaban J connectivity index is 1.99. The molecule has 1 aliphatic rings. The minimum atomic E-state index is -0.545. The highest BCUT2D eigenvalue weighted by molar-refractivity contribution is 7.15. The van der Waals surface area contributed by atoms with Crippen molar-refractivity contribution in [3.63, 3.8) is 0 Å². The van der Waals surface area contributed by atoms with Gasteiger partial charge in [0.25, 0.3) is 0 Å². The van der Waals surface area contributed by atoms with Crippen LogP contribution in [0.25, 0.3) is 4.96 Å². The number of aromatic nitrogens is 3. The Morgan fingerprint density at radius 2 is 2.36 bits per heavy atom. The minimum absolute atomic E-state index is 0.0796. The van der Waals surface area contributed by atoms with Gasteiger partial charge in [0.1, 0.15) is 6.04 Å². The van der Waals surface area contributed by atoms with Crippen LogP contribution in [0.3, 0.4) is 0 Å². The Hall–Kier alpha value is -2.28. The lowest BCUT2D eigenvalue weighted by Gasteiger charge is -2.35. The van der Waals surface area contributed by atoms with Crippen LogP contribution in [0.2, 0.25) is 0 Å². The van der Waals surface area contributed by atoms with Gasteiger partial charge >= 0.3 is 0 Å². The molecule has 0 saturated heterocycles. The third kappa shape index (κ3) is 1.85. The van der Waals surface area contributed by atoms with Gasteiger partial charge in [-0.15, -0.1) is 11.3 Å². The summed E-state index contributed by atoms with van der Waals surface area (Å²) in [5, 5.41) is 1.94. The molecule has 3 aromatic heterocycles. The number of thiazole rings is 1. The molecule has 0 bridgehead atoms. The summed E-state index contributed by atoms with van der Waals surface area (Å²) in [4.78, 5) is 23.0. The zero-order valence-corrected chi connectivity index (χ0v) is 12.7. The van der Waals surface area contributed by atoms with Crippen LogP contribution in [0.5, 0.6) is 0 Å². The second kappa shape index (κ2) is 4.88. The number of fused-ring (bicyclic) bond motifs is 3. The Labute approximate surface area is 130 Å². The quantitative estimate of drug-likeness (QED) is 0.648. The molecule has 1 atom stereocenters. The molecule has 0 N–H and O–H groups in total. The fraction of sp³-hybridized carbons (Fsp3) is 0.267. The summed E-state index contributed by atoms with van der Waals surface area (Å²) in [5.41, 5.74) is 2.20. The van der Waals surface area contributed by atoms with Crippen LogP contribution in [0.4, 0.5) is 4.39 Å². The second-order valence-electron chi connectivity index (χ2n) is 5.25. The fourth-order valence-electron chi connectivity index (χ4n) is 3.08. The number of nitrogens with zero attached hydrogens (tertiary/aromatic N) is 4. The van der Waals surface area contributed by atoms with Gasteiger partial charge in [-0.25, -0.2) is 9.97 Å². The summed E-state index contributed by atoms with van der Waals surface area (Å²) in [6.07, 6.45) is 4.01. The second-order valence-corrected chi connectivity index (χ2v) is 6.12. The summed E-state index contributed by atoms with van der Waals surface area (Å²) in [5.74, 6) is -0.624. The molecule has 7 heteroatoms. The highest BCUT2D eigenvalue weighted by atomic mass is 32.1. The van der Waals surface area contributed by atoms with Crippen molar-refractivity contribution < 1.29 is 9.18 Å². The average molecular weight is 316 g/mol. The third-order valence-electron chi connectivity index (χ3n) is 4.02. The molecule has 1 amide bonds. The van der Waals surface area contributed by atoms with E-state index in [9.17, 15) is 9.18 Å². The van der Waals surface area contributed by atoms with E-state index in [0.29, 0.717) is 18.5 Å². The summed E-state index contributed by atoms with van der Waals surface area (Å²) >= 11 is 1.53. The van der Waals surface area contributed by atoms with Crippen molar-refractivity contribution in [2.75, 3.05) is 6.54 Å². The number of hydrogen-bond acceptors (Lipinski definition) is 4. The number of rotatable bonds is 1. The molecule has 0 spiro atoms. The number of imidazole rings is 1. The molecular weight excluding hydrogens is 303 g/mol. The van der Waals surface area contributed by atoms with Crippen molar-refractivity contribution in [2.24, 2.45) is 0 Å². The molecule has 3 aromatic rings. The summed E-state index contributed by atoms with van der Waals surface area (Å²) < 4.78 is 16.2. The SMILES string of the molecule is CC(=O)N1CCc2nc3sccn3c2C1c1cccnc1F. The van der Waals surface area contributed by atoms with E-state index in [-0.39, 0.29) is 5.91 Å². The largest absolute Gasteiger partial charge is 0.330 e. The van der Waals surface area contributed by atoms with Crippen LogP contribution in [0.1, 0.15) is 29.9 Å². The number of hydrogen-bond donors (Lipinski definition) is 0. The average Bonchev–Trinajstić information content (AvgIpc) is 3.07. The predicted molar refractivity (Wildman–Crippen MR) is 80.2 cm³/mol. The monoisotopic (exact) mass is 316 g/mol. The minimum Gasteiger partial charge on any atom is -0.330 e. The van der Waals surface area contributed by atoms with E-state index in [1.807, 2.05) is 16.0 Å². The van der Waals surface area contributed by atoms with Crippen molar-refractivity contribution in [1.82, 2.24) is 19.3 Å². The van der Waals surface area contributed by atoms with Gasteiger partial charge in [-0.3, -0.25) is 9.20 Å². The maximum absolute atomic E-state index is 14.3. The Kier molecular flexibility index (Phi) is 2.97. The van der Waals surface area contributed by atoms with Gasteiger partial charge < -0.3 is 4.90 Å². The lowest BCUT2D eigenvalue weighted by Crippen LogP contribution is -2.40. The van der Waals surface area contributed by atoms with Gasteiger partial charge in [0.2, 0.25) is 11.9 Å². The molecule has 1 aliphatic heterocycles. The number of carbonyl (C=O) groups excluding carboxylic acids is 1. The molecule has 0 aromatic carbocycles. The van der Waals surface area contributed by atoms with E-state index >= 15 is 0 Å². The van der Waals surface area contributed by atoms with Crippen LogP contribution < -0.4 is 0 Å². The highest BCUT2D eigenvalue weighted by Gasteiger charge is 2.36. The predicted octanol–water partition coefficient (Wildman–Crippen LogP) is 2.42. The number of halogens is 1. The first kappa shape index (κ1) is 13.4. The number of amides is 1. The zero-order valence-electron chi connectivity index (χ0n) is 11.9. The molecule has 0 fully saturated rings. The van der Waals surface area contributed by atoms with Crippen molar-refractivity contribution in [3.05, 3.63) is 52.8 Å². The number of carbonyl (C=O) groups is 1. The van der Waals surface area contributed by atoms with Crippen LogP contribution in [0, 0.1) is 5.95 Å². The van der Waals surface area contributed by atoms with Crippen molar-refractivity contribution in [2.45, 2.75) is 19.4 Å². The molecule has 5 nitrogen and oxygen atoms in total. The standard InChI is InChI=1S/C15H13FN4OS/c1-9(21)19-6-4-11-13(20-7-8-22-15(20)18-11)12(19)10-3-2-5-17-14(10)16/h2-3,5,7-8,12H,4,6H2,1H3. The molecule has 4 rings (SSSR count). The van der Waals surface area contributed by atoms with Crippen LogP contribution in [0.15, 0.2) is 29.9 Å². The summed E-state index contributed by atoms with van der Waals surface area (Å²) in [6, 6.07) is 2.89. The van der Waals surface area contributed by atoms with Crippen molar-refractivity contribution in [3.8, 4) is 0 Å². The van der Waals surface area contributed by atoms with E-state index in [4.69, 9.17) is 0 Å². The van der Waals surface area contributed by atoms with Gasteiger partial charge in [0.05, 0.1) is 11.4 Å². The van der Waals surface area contributed by atoms with E-state index in [1.165, 1.54) is 24.5 Å². The molecule has 22 heavy (non-hydrogen) atoms. The molecule has 4 heterocycles. The number of pyridine rings is 1. The third-order valence-corrected chi connectivity index (χ3v) is 4.78. The van der Waals surface area contributed by atoms with Crippen molar-refractivity contribution >= 4 is 22.2 Å². The topological polar surface area (TPSA) is 50.5 Å². The molecule has 1 unspecified atom stereocenters. The molecular formula is C15H13FN4OS. The lowest BCUT2D eigenvalue weighted by molar-refractivity contribution is -0.131. The maximum atomic E-state index is 14.3. The molecule has 0 radical (unpaired) electrons. The van der Waals surface area contributed by atoms with Crippen molar-refractivity contribution in [1.29, 1.82) is 0 Å². The Morgan fingerprint density at radius 1 is 1.50 bits per heavy atom. The van der Waals surface area contributed by atoms with Gasteiger partial charge in [0, 0.05) is 43.2 Å². The first-order valence-corrected chi connectivity index (χ1v) is 7.86. The van der Waals surface area contributed by atoms with Crippen LogP contribution in [-0.2, 0) is 11.2 Å².